The van der Waals surface area contributed by atoms with E-state index < -0.39 is 0 Å². The third kappa shape index (κ3) is 3.73. The van der Waals surface area contributed by atoms with E-state index in [9.17, 15) is 4.39 Å². The molecule has 0 saturated heterocycles. The van der Waals surface area contributed by atoms with Crippen LogP contribution in [0.3, 0.4) is 0 Å². The Hall–Kier alpha value is -1.01. The summed E-state index contributed by atoms with van der Waals surface area (Å²) in [5.74, 6) is 1.24. The van der Waals surface area contributed by atoms with Gasteiger partial charge in [0.1, 0.15) is 22.0 Å². The molecule has 0 atom stereocenters. The van der Waals surface area contributed by atoms with Crippen LogP contribution in [0.25, 0.3) is 0 Å². The van der Waals surface area contributed by atoms with Crippen molar-refractivity contribution in [3.8, 4) is 11.6 Å². The quantitative estimate of drug-likeness (QED) is 0.688. The van der Waals surface area contributed by atoms with Gasteiger partial charge in [-0.15, -0.1) is 0 Å². The van der Waals surface area contributed by atoms with Gasteiger partial charge in [0.15, 0.2) is 0 Å². The highest BCUT2D eigenvalue weighted by atomic mass is 79.9. The second-order valence-electron chi connectivity index (χ2n) is 4.22. The maximum atomic E-state index is 13.4. The largest absolute Gasteiger partial charge is 0.439 e. The number of rotatable bonds is 3. The number of benzene rings is 1. The summed E-state index contributed by atoms with van der Waals surface area (Å²) in [6, 6.07) is 6.20. The average Bonchev–Trinajstić information content (AvgIpc) is 2.33. The van der Waals surface area contributed by atoms with E-state index in [-0.39, 0.29) is 11.7 Å². The first-order valence-corrected chi connectivity index (χ1v) is 7.21. The highest BCUT2D eigenvalue weighted by molar-refractivity contribution is 9.10. The van der Waals surface area contributed by atoms with Gasteiger partial charge in [-0.2, -0.15) is 4.98 Å². The molecule has 0 radical (unpaired) electrons. The number of halogens is 3. The number of nitrogens with zero attached hydrogens (tertiary/aromatic N) is 2. The van der Waals surface area contributed by atoms with Gasteiger partial charge in [0.05, 0.1) is 4.47 Å². The first kappa shape index (κ1) is 14.4. The molecule has 19 heavy (non-hydrogen) atoms. The number of hydrogen-bond donors (Lipinski definition) is 0. The van der Waals surface area contributed by atoms with Crippen molar-refractivity contribution in [1.29, 1.82) is 0 Å². The Morgan fingerprint density at radius 1 is 1.16 bits per heavy atom. The van der Waals surface area contributed by atoms with Crippen molar-refractivity contribution < 1.29 is 9.13 Å². The summed E-state index contributed by atoms with van der Waals surface area (Å²) in [6.45, 7) is 3.98. The lowest BCUT2D eigenvalue weighted by Crippen LogP contribution is -2.00. The van der Waals surface area contributed by atoms with E-state index in [1.165, 1.54) is 6.07 Å². The molecular weight excluding hydrogens is 379 g/mol. The van der Waals surface area contributed by atoms with E-state index in [0.29, 0.717) is 26.5 Å². The zero-order valence-corrected chi connectivity index (χ0v) is 13.5. The Morgan fingerprint density at radius 2 is 1.89 bits per heavy atom. The monoisotopic (exact) mass is 388 g/mol. The third-order valence-corrected chi connectivity index (χ3v) is 3.37. The highest BCUT2D eigenvalue weighted by Gasteiger charge is 2.09. The van der Waals surface area contributed by atoms with Crippen molar-refractivity contribution in [2.75, 3.05) is 0 Å². The van der Waals surface area contributed by atoms with Crippen LogP contribution in [-0.4, -0.2) is 9.97 Å². The standard InChI is InChI=1S/C13H11Br2FN2O/c1-7(2)13-17-11(15)6-12(18-13)19-8-3-4-9(14)10(16)5-8/h3-7H,1-2H3. The number of aromatic nitrogens is 2. The molecule has 2 aromatic rings. The maximum absolute atomic E-state index is 13.4. The molecule has 6 heteroatoms. The average molecular weight is 390 g/mol. The lowest BCUT2D eigenvalue weighted by molar-refractivity contribution is 0.451. The van der Waals surface area contributed by atoms with Crippen LogP contribution in [0.4, 0.5) is 4.39 Å². The fourth-order valence-corrected chi connectivity index (χ4v) is 2.01. The molecule has 0 fully saturated rings. The molecule has 3 nitrogen and oxygen atoms in total. The summed E-state index contributed by atoms with van der Waals surface area (Å²) >= 11 is 6.40. The first-order valence-electron chi connectivity index (χ1n) is 5.63. The SMILES string of the molecule is CC(C)c1nc(Br)cc(Oc2ccc(Br)c(F)c2)n1. The summed E-state index contributed by atoms with van der Waals surface area (Å²) in [6.07, 6.45) is 0. The van der Waals surface area contributed by atoms with Crippen molar-refractivity contribution in [2.24, 2.45) is 0 Å². The van der Waals surface area contributed by atoms with Crippen molar-refractivity contribution >= 4 is 31.9 Å². The smallest absolute Gasteiger partial charge is 0.223 e. The Bertz CT molecular complexity index is 605. The molecule has 1 aromatic carbocycles. The lowest BCUT2D eigenvalue weighted by Gasteiger charge is -2.09. The van der Waals surface area contributed by atoms with Gasteiger partial charge < -0.3 is 4.74 Å². The van der Waals surface area contributed by atoms with Crippen molar-refractivity contribution in [3.05, 3.63) is 45.0 Å². The molecule has 1 aromatic heterocycles. The van der Waals surface area contributed by atoms with E-state index in [1.807, 2.05) is 13.8 Å². The predicted octanol–water partition coefficient (Wildman–Crippen LogP) is 5.06. The minimum Gasteiger partial charge on any atom is -0.439 e. The Kier molecular flexibility index (Phi) is 4.52. The van der Waals surface area contributed by atoms with Crippen LogP contribution in [0.2, 0.25) is 0 Å². The highest BCUT2D eigenvalue weighted by Crippen LogP contribution is 2.26. The second kappa shape index (κ2) is 5.96. The minimum absolute atomic E-state index is 0.182. The molecule has 0 bridgehead atoms. The summed E-state index contributed by atoms with van der Waals surface area (Å²) in [7, 11) is 0. The molecular formula is C13H11Br2FN2O. The van der Waals surface area contributed by atoms with E-state index in [4.69, 9.17) is 4.74 Å². The van der Waals surface area contributed by atoms with Crippen LogP contribution in [0.1, 0.15) is 25.6 Å². The van der Waals surface area contributed by atoms with Crippen molar-refractivity contribution in [1.82, 2.24) is 9.97 Å². The van der Waals surface area contributed by atoms with Gasteiger partial charge in [0, 0.05) is 18.1 Å². The van der Waals surface area contributed by atoms with Crippen molar-refractivity contribution in [2.45, 2.75) is 19.8 Å². The summed E-state index contributed by atoms with van der Waals surface area (Å²) in [5.41, 5.74) is 0. The van der Waals surface area contributed by atoms with Gasteiger partial charge in [-0.1, -0.05) is 13.8 Å². The Balaban J connectivity index is 2.29. The summed E-state index contributed by atoms with van der Waals surface area (Å²) in [4.78, 5) is 8.53. The number of hydrogen-bond acceptors (Lipinski definition) is 3. The topological polar surface area (TPSA) is 35.0 Å². The van der Waals surface area contributed by atoms with Gasteiger partial charge in [0.2, 0.25) is 5.88 Å². The normalized spacial score (nSPS) is 10.8. The molecule has 0 saturated carbocycles. The molecule has 2 rings (SSSR count). The molecule has 0 aliphatic carbocycles. The maximum Gasteiger partial charge on any atom is 0.223 e. The molecule has 0 unspecified atom stereocenters. The minimum atomic E-state index is -0.380. The van der Waals surface area contributed by atoms with Gasteiger partial charge in [-0.3, -0.25) is 0 Å². The fraction of sp³-hybridized carbons (Fsp3) is 0.231. The van der Waals surface area contributed by atoms with E-state index >= 15 is 0 Å². The van der Waals surface area contributed by atoms with Crippen LogP contribution in [0.5, 0.6) is 11.6 Å². The zero-order valence-electron chi connectivity index (χ0n) is 10.3. The van der Waals surface area contributed by atoms with Crippen LogP contribution in [-0.2, 0) is 0 Å². The van der Waals surface area contributed by atoms with E-state index in [0.717, 1.165) is 0 Å². The molecule has 0 spiro atoms. The van der Waals surface area contributed by atoms with Gasteiger partial charge in [-0.25, -0.2) is 9.37 Å². The van der Waals surface area contributed by atoms with Crippen molar-refractivity contribution in [3.63, 3.8) is 0 Å². The van der Waals surface area contributed by atoms with Gasteiger partial charge in [0.25, 0.3) is 0 Å². The van der Waals surface area contributed by atoms with Gasteiger partial charge >= 0.3 is 0 Å². The summed E-state index contributed by atoms with van der Waals surface area (Å²) < 4.78 is 20.0. The van der Waals surface area contributed by atoms with Crippen LogP contribution >= 0.6 is 31.9 Å². The molecule has 0 N–H and O–H groups in total. The first-order chi connectivity index (χ1) is 8.95. The molecule has 0 amide bonds. The fourth-order valence-electron chi connectivity index (χ4n) is 1.39. The summed E-state index contributed by atoms with van der Waals surface area (Å²) in [5, 5.41) is 0. The number of ether oxygens (including phenoxy) is 1. The van der Waals surface area contributed by atoms with Gasteiger partial charge in [-0.05, 0) is 44.0 Å². The van der Waals surface area contributed by atoms with Crippen LogP contribution < -0.4 is 4.74 Å². The predicted molar refractivity (Wildman–Crippen MR) is 78.0 cm³/mol. The van der Waals surface area contributed by atoms with E-state index in [1.54, 1.807) is 18.2 Å². The second-order valence-corrected chi connectivity index (χ2v) is 5.89. The molecule has 100 valence electrons. The zero-order chi connectivity index (χ0) is 14.0. The van der Waals surface area contributed by atoms with Crippen LogP contribution in [0.15, 0.2) is 33.3 Å². The lowest BCUT2D eigenvalue weighted by atomic mass is 10.2. The van der Waals surface area contributed by atoms with Crippen LogP contribution in [0, 0.1) is 5.82 Å². The Labute approximate surface area is 127 Å². The molecule has 1 heterocycles. The Morgan fingerprint density at radius 3 is 2.53 bits per heavy atom. The molecule has 0 aliphatic rings. The van der Waals surface area contributed by atoms with E-state index in [2.05, 4.69) is 41.8 Å². The third-order valence-electron chi connectivity index (χ3n) is 2.32. The molecule has 0 aliphatic heterocycles.